The molecule has 1 amide bonds. The summed E-state index contributed by atoms with van der Waals surface area (Å²) in [6.45, 7) is 6.22. The molecule has 0 spiro atoms. The van der Waals surface area contributed by atoms with Crippen LogP contribution in [0.4, 0.5) is 10.2 Å². The number of carbonyl (C=O) groups excluding carboxylic acids is 1. The fraction of sp³-hybridized carbons (Fsp3) is 0.353. The second kappa shape index (κ2) is 7.17. The largest absolute Gasteiger partial charge is 0.370 e. The molecule has 5 nitrogen and oxygen atoms in total. The van der Waals surface area contributed by atoms with Gasteiger partial charge in [0, 0.05) is 18.2 Å². The lowest BCUT2D eigenvalue weighted by atomic mass is 10.1. The van der Waals surface area contributed by atoms with Crippen LogP contribution in [0.15, 0.2) is 36.7 Å². The smallest absolute Gasteiger partial charge is 0.270 e. The Morgan fingerprint density at radius 1 is 1.22 bits per heavy atom. The number of hydrogen-bond acceptors (Lipinski definition) is 4. The van der Waals surface area contributed by atoms with Gasteiger partial charge in [-0.25, -0.2) is 14.4 Å². The highest BCUT2D eigenvalue weighted by Crippen LogP contribution is 2.09. The zero-order valence-electron chi connectivity index (χ0n) is 13.6. The first-order valence-corrected chi connectivity index (χ1v) is 7.47. The summed E-state index contributed by atoms with van der Waals surface area (Å²) in [6.07, 6.45) is 1.86. The first-order valence-electron chi connectivity index (χ1n) is 7.47. The van der Waals surface area contributed by atoms with E-state index in [0.29, 0.717) is 30.0 Å². The van der Waals surface area contributed by atoms with Crippen LogP contribution >= 0.6 is 0 Å². The van der Waals surface area contributed by atoms with Gasteiger partial charge in [0.25, 0.3) is 5.91 Å². The topological polar surface area (TPSA) is 66.9 Å². The van der Waals surface area contributed by atoms with Crippen molar-refractivity contribution in [1.82, 2.24) is 15.3 Å². The molecule has 0 aliphatic carbocycles. The van der Waals surface area contributed by atoms with Gasteiger partial charge < -0.3 is 10.6 Å². The number of rotatable bonds is 5. The molecule has 23 heavy (non-hydrogen) atoms. The van der Waals surface area contributed by atoms with Crippen molar-refractivity contribution in [1.29, 1.82) is 0 Å². The van der Waals surface area contributed by atoms with E-state index in [9.17, 15) is 9.18 Å². The van der Waals surface area contributed by atoms with Crippen LogP contribution in [0.5, 0.6) is 0 Å². The zero-order chi connectivity index (χ0) is 16.9. The van der Waals surface area contributed by atoms with E-state index in [1.54, 1.807) is 24.3 Å². The minimum atomic E-state index is -0.333. The molecule has 1 heterocycles. The predicted molar refractivity (Wildman–Crippen MR) is 87.8 cm³/mol. The third kappa shape index (κ3) is 5.32. The van der Waals surface area contributed by atoms with Gasteiger partial charge in [0.1, 0.15) is 23.7 Å². The molecule has 1 aromatic carbocycles. The standard InChI is InChI=1S/C17H21FN4O/c1-17(2,3)22-16(23)14-10-15(21-11-20-14)19-9-8-12-6-4-5-7-13(12)18/h4-7,10-11H,8-9H2,1-3H3,(H,22,23)(H,19,20,21). The van der Waals surface area contributed by atoms with Crippen LogP contribution < -0.4 is 10.6 Å². The van der Waals surface area contributed by atoms with Crippen molar-refractivity contribution in [3.63, 3.8) is 0 Å². The number of halogens is 1. The molecule has 2 N–H and O–H groups in total. The summed E-state index contributed by atoms with van der Waals surface area (Å²) in [5.74, 6) is 0.0645. The average molecular weight is 316 g/mol. The number of hydrogen-bond donors (Lipinski definition) is 2. The van der Waals surface area contributed by atoms with Gasteiger partial charge in [-0.3, -0.25) is 4.79 Å². The maximum absolute atomic E-state index is 13.5. The van der Waals surface area contributed by atoms with Gasteiger partial charge in [-0.05, 0) is 38.8 Å². The Hall–Kier alpha value is -2.50. The average Bonchev–Trinajstić information content (AvgIpc) is 2.48. The Kier molecular flexibility index (Phi) is 5.26. The van der Waals surface area contributed by atoms with E-state index in [-0.39, 0.29) is 17.3 Å². The highest BCUT2D eigenvalue weighted by atomic mass is 19.1. The molecule has 6 heteroatoms. The van der Waals surface area contributed by atoms with Crippen LogP contribution in [0.25, 0.3) is 0 Å². The summed E-state index contributed by atoms with van der Waals surface area (Å²) in [5, 5.41) is 5.93. The molecule has 0 radical (unpaired) electrons. The van der Waals surface area contributed by atoms with Crippen LogP contribution in [0.2, 0.25) is 0 Å². The Labute approximate surface area is 135 Å². The van der Waals surface area contributed by atoms with Crippen molar-refractivity contribution >= 4 is 11.7 Å². The van der Waals surface area contributed by atoms with Crippen molar-refractivity contribution < 1.29 is 9.18 Å². The van der Waals surface area contributed by atoms with E-state index < -0.39 is 0 Å². The molecule has 122 valence electrons. The molecular weight excluding hydrogens is 295 g/mol. The summed E-state index contributed by atoms with van der Waals surface area (Å²) in [5.41, 5.74) is 0.601. The molecule has 0 bridgehead atoms. The molecule has 2 rings (SSSR count). The van der Waals surface area contributed by atoms with E-state index in [1.165, 1.54) is 12.4 Å². The van der Waals surface area contributed by atoms with Gasteiger partial charge in [0.05, 0.1) is 0 Å². The van der Waals surface area contributed by atoms with Gasteiger partial charge in [-0.2, -0.15) is 0 Å². The first kappa shape index (κ1) is 16.9. The van der Waals surface area contributed by atoms with Crippen LogP contribution in [0.3, 0.4) is 0 Å². The number of nitrogens with zero attached hydrogens (tertiary/aromatic N) is 2. The number of nitrogens with one attached hydrogen (secondary N) is 2. The van der Waals surface area contributed by atoms with Crippen molar-refractivity contribution in [3.05, 3.63) is 53.7 Å². The Morgan fingerprint density at radius 2 is 1.96 bits per heavy atom. The van der Waals surface area contributed by atoms with Crippen LogP contribution in [0, 0.1) is 5.82 Å². The maximum atomic E-state index is 13.5. The third-order valence-electron chi connectivity index (χ3n) is 3.05. The maximum Gasteiger partial charge on any atom is 0.270 e. The quantitative estimate of drug-likeness (QED) is 0.890. The molecule has 0 fully saturated rings. The number of anilines is 1. The summed E-state index contributed by atoms with van der Waals surface area (Å²) >= 11 is 0. The van der Waals surface area contributed by atoms with Gasteiger partial charge in [0.15, 0.2) is 0 Å². The highest BCUT2D eigenvalue weighted by Gasteiger charge is 2.16. The van der Waals surface area contributed by atoms with Crippen molar-refractivity contribution in [3.8, 4) is 0 Å². The lowest BCUT2D eigenvalue weighted by Crippen LogP contribution is -2.41. The Bertz CT molecular complexity index is 682. The third-order valence-corrected chi connectivity index (χ3v) is 3.05. The lowest BCUT2D eigenvalue weighted by molar-refractivity contribution is 0.0914. The SMILES string of the molecule is CC(C)(C)NC(=O)c1cc(NCCc2ccccc2F)ncn1. The second-order valence-electron chi connectivity index (χ2n) is 6.26. The molecule has 2 aromatic rings. The van der Waals surface area contributed by atoms with E-state index >= 15 is 0 Å². The van der Waals surface area contributed by atoms with Gasteiger partial charge in [-0.1, -0.05) is 18.2 Å². The number of benzene rings is 1. The fourth-order valence-corrected chi connectivity index (χ4v) is 2.01. The molecule has 0 aliphatic rings. The predicted octanol–water partition coefficient (Wildman–Crippen LogP) is 2.80. The Morgan fingerprint density at radius 3 is 2.65 bits per heavy atom. The molecule has 0 saturated carbocycles. The second-order valence-corrected chi connectivity index (χ2v) is 6.26. The van der Waals surface area contributed by atoms with E-state index in [2.05, 4.69) is 20.6 Å². The van der Waals surface area contributed by atoms with Crippen LogP contribution in [-0.4, -0.2) is 28.0 Å². The van der Waals surface area contributed by atoms with Crippen molar-refractivity contribution in [2.45, 2.75) is 32.7 Å². The van der Waals surface area contributed by atoms with Crippen molar-refractivity contribution in [2.75, 3.05) is 11.9 Å². The molecule has 0 atom stereocenters. The van der Waals surface area contributed by atoms with Crippen LogP contribution in [-0.2, 0) is 6.42 Å². The van der Waals surface area contributed by atoms with E-state index in [1.807, 2.05) is 20.8 Å². The normalized spacial score (nSPS) is 11.1. The fourth-order valence-electron chi connectivity index (χ4n) is 2.01. The summed E-state index contributed by atoms with van der Waals surface area (Å²) < 4.78 is 13.5. The molecular formula is C17H21FN4O. The van der Waals surface area contributed by atoms with E-state index in [4.69, 9.17) is 0 Å². The van der Waals surface area contributed by atoms with Gasteiger partial charge in [-0.15, -0.1) is 0 Å². The molecule has 1 aromatic heterocycles. The molecule has 0 unspecified atom stereocenters. The molecule has 0 aliphatic heterocycles. The lowest BCUT2D eigenvalue weighted by Gasteiger charge is -2.20. The van der Waals surface area contributed by atoms with Gasteiger partial charge in [0.2, 0.25) is 0 Å². The van der Waals surface area contributed by atoms with E-state index in [0.717, 1.165) is 0 Å². The summed E-state index contributed by atoms with van der Waals surface area (Å²) in [7, 11) is 0. The minimum absolute atomic E-state index is 0.220. The summed E-state index contributed by atoms with van der Waals surface area (Å²) in [4.78, 5) is 20.1. The highest BCUT2D eigenvalue weighted by molar-refractivity contribution is 5.93. The van der Waals surface area contributed by atoms with Crippen molar-refractivity contribution in [2.24, 2.45) is 0 Å². The number of aromatic nitrogens is 2. The minimum Gasteiger partial charge on any atom is -0.370 e. The van der Waals surface area contributed by atoms with Gasteiger partial charge >= 0.3 is 0 Å². The Balaban J connectivity index is 1.95. The monoisotopic (exact) mass is 316 g/mol. The van der Waals surface area contributed by atoms with Crippen LogP contribution in [0.1, 0.15) is 36.8 Å². The number of amides is 1. The number of carbonyl (C=O) groups is 1. The first-order chi connectivity index (χ1) is 10.8. The summed E-state index contributed by atoms with van der Waals surface area (Å²) in [6, 6.07) is 8.24. The zero-order valence-corrected chi connectivity index (χ0v) is 13.6. The molecule has 0 saturated heterocycles.